The first-order chi connectivity index (χ1) is 16.1. The minimum Gasteiger partial charge on any atom is -0.444 e. The molecule has 35 heavy (non-hydrogen) atoms. The minimum absolute atomic E-state index is 0.0764. The molecular weight excluding hydrogens is 536 g/mol. The largest absolute Gasteiger partial charge is 0.444 e. The molecule has 194 valence electrons. The summed E-state index contributed by atoms with van der Waals surface area (Å²) in [6, 6.07) is 7.39. The van der Waals surface area contributed by atoms with E-state index in [-0.39, 0.29) is 14.1 Å². The van der Waals surface area contributed by atoms with Crippen molar-refractivity contribution in [1.82, 2.24) is 9.21 Å². The van der Waals surface area contributed by atoms with Crippen LogP contribution in [0.15, 0.2) is 38.8 Å². The summed E-state index contributed by atoms with van der Waals surface area (Å²) >= 11 is 7.12. The summed E-state index contributed by atoms with van der Waals surface area (Å²) in [5.41, 5.74) is 0.142. The van der Waals surface area contributed by atoms with E-state index in [1.54, 1.807) is 43.9 Å². The Morgan fingerprint density at radius 2 is 1.63 bits per heavy atom. The lowest BCUT2D eigenvalue weighted by Gasteiger charge is -2.37. The van der Waals surface area contributed by atoms with Crippen LogP contribution >= 0.6 is 22.9 Å². The van der Waals surface area contributed by atoms with E-state index in [0.717, 1.165) is 4.31 Å². The van der Waals surface area contributed by atoms with E-state index < -0.39 is 31.7 Å². The minimum atomic E-state index is -4.09. The zero-order chi connectivity index (χ0) is 26.2. The highest BCUT2D eigenvalue weighted by atomic mass is 35.5. The quantitative estimate of drug-likeness (QED) is 0.570. The molecule has 2 heterocycles. The Kier molecular flexibility index (Phi) is 7.97. The van der Waals surface area contributed by atoms with Crippen molar-refractivity contribution in [3.05, 3.63) is 35.4 Å². The van der Waals surface area contributed by atoms with Crippen LogP contribution < -0.4 is 9.62 Å². The molecule has 0 bridgehead atoms. The molecule has 14 heteroatoms. The Morgan fingerprint density at radius 1 is 1.03 bits per heavy atom. The van der Waals surface area contributed by atoms with E-state index in [2.05, 4.69) is 4.72 Å². The van der Waals surface area contributed by atoms with Crippen molar-refractivity contribution in [2.24, 2.45) is 0 Å². The van der Waals surface area contributed by atoms with Crippen LogP contribution in [-0.2, 0) is 24.8 Å². The number of benzene rings is 1. The number of nitrogens with zero attached hydrogens (tertiary/aromatic N) is 3. The van der Waals surface area contributed by atoms with Gasteiger partial charge in [0.1, 0.15) is 14.0 Å². The third-order valence-corrected chi connectivity index (χ3v) is 10.6. The van der Waals surface area contributed by atoms with Crippen LogP contribution in [0.1, 0.15) is 20.8 Å². The highest BCUT2D eigenvalue weighted by Gasteiger charge is 2.29. The van der Waals surface area contributed by atoms with Crippen molar-refractivity contribution in [3.63, 3.8) is 0 Å². The number of sulfonamides is 2. The number of piperazine rings is 1. The van der Waals surface area contributed by atoms with Crippen LogP contribution in [0.2, 0.25) is 5.02 Å². The zero-order valence-corrected chi connectivity index (χ0v) is 23.3. The summed E-state index contributed by atoms with van der Waals surface area (Å²) in [4.78, 5) is 15.9. The van der Waals surface area contributed by atoms with Gasteiger partial charge in [-0.15, -0.1) is 11.3 Å². The highest BCUT2D eigenvalue weighted by Crippen LogP contribution is 2.37. The SMILES string of the molecule is CN(C)S(=O)(=O)c1ccc(S(=O)(=O)Nc2cccc(Cl)c2N2CCN(C(=O)OC(C)(C)C)CC2)s1. The molecule has 1 aliphatic heterocycles. The fraction of sp³-hybridized carbons (Fsp3) is 0.476. The molecule has 0 unspecified atom stereocenters. The van der Waals surface area contributed by atoms with Gasteiger partial charge in [-0.1, -0.05) is 17.7 Å². The standard InChI is InChI=1S/C21H29ClN4O6S3/c1-21(2,3)32-20(27)26-13-11-25(12-14-26)19-15(22)7-6-8-16(19)23-34(28,29)17-9-10-18(33-17)35(30,31)24(4)5/h6-10,23H,11-14H2,1-5H3. The van der Waals surface area contributed by atoms with E-state index in [9.17, 15) is 21.6 Å². The third kappa shape index (κ3) is 6.39. The maximum absolute atomic E-state index is 13.1. The number of hydrogen-bond acceptors (Lipinski definition) is 8. The molecule has 1 aliphatic rings. The van der Waals surface area contributed by atoms with Gasteiger partial charge in [-0.05, 0) is 45.0 Å². The van der Waals surface area contributed by atoms with Gasteiger partial charge in [0, 0.05) is 40.3 Å². The van der Waals surface area contributed by atoms with Gasteiger partial charge < -0.3 is 14.5 Å². The highest BCUT2D eigenvalue weighted by molar-refractivity contribution is 7.96. The van der Waals surface area contributed by atoms with Crippen LogP contribution in [-0.4, -0.2) is 78.0 Å². The number of ether oxygens (including phenoxy) is 1. The summed E-state index contributed by atoms with van der Waals surface area (Å²) in [7, 11) is -5.09. The first-order valence-electron chi connectivity index (χ1n) is 10.7. The molecule has 0 spiro atoms. The van der Waals surface area contributed by atoms with Crippen LogP contribution in [0.25, 0.3) is 0 Å². The smallest absolute Gasteiger partial charge is 0.410 e. The number of anilines is 2. The van der Waals surface area contributed by atoms with Gasteiger partial charge >= 0.3 is 6.09 Å². The fourth-order valence-electron chi connectivity index (χ4n) is 3.32. The summed E-state index contributed by atoms with van der Waals surface area (Å²) < 4.78 is 59.7. The molecule has 1 saturated heterocycles. The summed E-state index contributed by atoms with van der Waals surface area (Å²) in [6.45, 7) is 7.00. The van der Waals surface area contributed by atoms with Gasteiger partial charge in [-0.3, -0.25) is 4.72 Å². The molecule has 1 N–H and O–H groups in total. The molecule has 10 nitrogen and oxygen atoms in total. The fourth-order valence-corrected chi connectivity index (χ4v) is 7.62. The van der Waals surface area contributed by atoms with Crippen LogP contribution in [0.3, 0.4) is 0 Å². The Balaban J connectivity index is 1.81. The number of para-hydroxylation sites is 1. The first-order valence-corrected chi connectivity index (χ1v) is 14.8. The van der Waals surface area contributed by atoms with Gasteiger partial charge in [0.25, 0.3) is 20.0 Å². The second-order valence-electron chi connectivity index (χ2n) is 9.06. The van der Waals surface area contributed by atoms with Crippen LogP contribution in [0.4, 0.5) is 16.2 Å². The number of carbonyl (C=O) groups is 1. The number of halogens is 1. The van der Waals surface area contributed by atoms with E-state index in [0.29, 0.717) is 48.2 Å². The van der Waals surface area contributed by atoms with Gasteiger partial charge in [0.05, 0.1) is 16.4 Å². The molecule has 0 radical (unpaired) electrons. The average molecular weight is 565 g/mol. The van der Waals surface area contributed by atoms with E-state index in [4.69, 9.17) is 16.3 Å². The third-order valence-electron chi connectivity index (χ3n) is 5.04. The van der Waals surface area contributed by atoms with Crippen molar-refractivity contribution in [3.8, 4) is 0 Å². The maximum atomic E-state index is 13.1. The second kappa shape index (κ2) is 10.1. The van der Waals surface area contributed by atoms with Gasteiger partial charge in [-0.2, -0.15) is 0 Å². The predicted molar refractivity (Wildman–Crippen MR) is 137 cm³/mol. The summed E-state index contributed by atoms with van der Waals surface area (Å²) in [6.07, 6.45) is -0.404. The topological polar surface area (TPSA) is 116 Å². The second-order valence-corrected chi connectivity index (χ2v) is 14.8. The molecule has 1 aromatic heterocycles. The van der Waals surface area contributed by atoms with Gasteiger partial charge in [0.2, 0.25) is 0 Å². The number of carbonyl (C=O) groups excluding carboxylic acids is 1. The van der Waals surface area contributed by atoms with Crippen molar-refractivity contribution in [2.45, 2.75) is 34.8 Å². The zero-order valence-electron chi connectivity index (χ0n) is 20.1. The average Bonchev–Trinajstić information content (AvgIpc) is 3.25. The van der Waals surface area contributed by atoms with Crippen molar-refractivity contribution >= 4 is 60.5 Å². The number of rotatable bonds is 6. The lowest BCUT2D eigenvalue weighted by Crippen LogP contribution is -2.50. The lowest BCUT2D eigenvalue weighted by molar-refractivity contribution is 0.0240. The molecule has 3 rings (SSSR count). The van der Waals surface area contributed by atoms with Crippen molar-refractivity contribution in [1.29, 1.82) is 0 Å². The Bertz CT molecular complexity index is 1290. The molecular formula is C21H29ClN4O6S3. The lowest BCUT2D eigenvalue weighted by atomic mass is 10.2. The van der Waals surface area contributed by atoms with Crippen LogP contribution in [0.5, 0.6) is 0 Å². The van der Waals surface area contributed by atoms with Crippen molar-refractivity contribution in [2.75, 3.05) is 49.9 Å². The van der Waals surface area contributed by atoms with E-state index in [1.165, 1.54) is 26.2 Å². The van der Waals surface area contributed by atoms with E-state index in [1.807, 2.05) is 4.90 Å². The van der Waals surface area contributed by atoms with Crippen LogP contribution in [0, 0.1) is 0 Å². The van der Waals surface area contributed by atoms with Gasteiger partial charge in [0.15, 0.2) is 0 Å². The number of thiophene rings is 1. The molecule has 0 saturated carbocycles. The normalized spacial score (nSPS) is 15.4. The number of hydrogen-bond donors (Lipinski definition) is 1. The molecule has 0 atom stereocenters. The first kappa shape index (κ1) is 27.5. The monoisotopic (exact) mass is 564 g/mol. The molecule has 1 amide bonds. The molecule has 1 fully saturated rings. The summed E-state index contributed by atoms with van der Waals surface area (Å²) in [5, 5.41) is 0.345. The molecule has 0 aliphatic carbocycles. The number of nitrogens with one attached hydrogen (secondary N) is 1. The van der Waals surface area contributed by atoms with Crippen molar-refractivity contribution < 1.29 is 26.4 Å². The summed E-state index contributed by atoms with van der Waals surface area (Å²) in [5.74, 6) is 0. The van der Waals surface area contributed by atoms with Gasteiger partial charge in [-0.25, -0.2) is 25.9 Å². The molecule has 1 aromatic carbocycles. The maximum Gasteiger partial charge on any atom is 0.410 e. The Hall–Kier alpha value is -2.06. The Morgan fingerprint density at radius 3 is 2.20 bits per heavy atom. The Labute approximate surface area is 215 Å². The predicted octanol–water partition coefficient (Wildman–Crippen LogP) is 3.51. The van der Waals surface area contributed by atoms with E-state index >= 15 is 0 Å². The molecule has 2 aromatic rings. The number of amides is 1.